The van der Waals surface area contributed by atoms with Crippen LogP contribution in [0.4, 0.5) is 0 Å². The molecule has 14 heavy (non-hydrogen) atoms. The summed E-state index contributed by atoms with van der Waals surface area (Å²) in [6, 6.07) is 2.34. The average molecular weight is 200 g/mol. The topological polar surface area (TPSA) is 110 Å². The fraction of sp³-hybridized carbons (Fsp3) is 0.625. The SMILES string of the molecule is N#C[C@@H]1CCCCN1.O=C(O)C(=O)O. The first-order valence-corrected chi connectivity index (χ1v) is 4.17. The van der Waals surface area contributed by atoms with Crippen LogP contribution in [0.3, 0.4) is 0 Å². The Morgan fingerprint density at radius 1 is 1.29 bits per heavy atom. The molecule has 6 heteroatoms. The van der Waals surface area contributed by atoms with Crippen molar-refractivity contribution in [3.63, 3.8) is 0 Å². The van der Waals surface area contributed by atoms with E-state index in [0.717, 1.165) is 13.0 Å². The summed E-state index contributed by atoms with van der Waals surface area (Å²) in [7, 11) is 0. The van der Waals surface area contributed by atoms with E-state index >= 15 is 0 Å². The molecule has 1 aliphatic rings. The van der Waals surface area contributed by atoms with E-state index in [2.05, 4.69) is 11.4 Å². The van der Waals surface area contributed by atoms with E-state index in [4.69, 9.17) is 25.1 Å². The first-order chi connectivity index (χ1) is 6.57. The molecule has 1 atom stereocenters. The van der Waals surface area contributed by atoms with Gasteiger partial charge in [-0.2, -0.15) is 5.26 Å². The summed E-state index contributed by atoms with van der Waals surface area (Å²) < 4.78 is 0. The molecule has 0 aromatic carbocycles. The van der Waals surface area contributed by atoms with Crippen LogP contribution >= 0.6 is 0 Å². The summed E-state index contributed by atoms with van der Waals surface area (Å²) >= 11 is 0. The fourth-order valence-corrected chi connectivity index (χ4v) is 0.962. The molecule has 6 nitrogen and oxygen atoms in total. The Morgan fingerprint density at radius 2 is 1.86 bits per heavy atom. The molecule has 78 valence electrons. The summed E-state index contributed by atoms with van der Waals surface area (Å²) in [5, 5.41) is 26.3. The van der Waals surface area contributed by atoms with Crippen LogP contribution in [0.15, 0.2) is 0 Å². The molecule has 1 saturated heterocycles. The Hall–Kier alpha value is -1.61. The number of aliphatic carboxylic acids is 2. The van der Waals surface area contributed by atoms with Crippen LogP contribution in [0.25, 0.3) is 0 Å². The third-order valence-electron chi connectivity index (χ3n) is 1.65. The lowest BCUT2D eigenvalue weighted by Crippen LogP contribution is -2.32. The highest BCUT2D eigenvalue weighted by Gasteiger charge is 2.09. The number of nitriles is 1. The molecular formula is C8H12N2O4. The van der Waals surface area contributed by atoms with Crippen molar-refractivity contribution < 1.29 is 19.8 Å². The van der Waals surface area contributed by atoms with Gasteiger partial charge in [0, 0.05) is 0 Å². The molecular weight excluding hydrogens is 188 g/mol. The first-order valence-electron chi connectivity index (χ1n) is 4.17. The lowest BCUT2D eigenvalue weighted by atomic mass is 10.1. The minimum atomic E-state index is -1.82. The molecule has 1 aliphatic heterocycles. The number of nitrogens with zero attached hydrogens (tertiary/aromatic N) is 1. The fourth-order valence-electron chi connectivity index (χ4n) is 0.962. The largest absolute Gasteiger partial charge is 0.473 e. The Balaban J connectivity index is 0.000000255. The number of carboxylic acid groups (broad SMARTS) is 2. The van der Waals surface area contributed by atoms with Crippen LogP contribution < -0.4 is 5.32 Å². The summed E-state index contributed by atoms with van der Waals surface area (Å²) in [6.07, 6.45) is 3.49. The van der Waals surface area contributed by atoms with E-state index in [1.165, 1.54) is 12.8 Å². The van der Waals surface area contributed by atoms with E-state index in [0.29, 0.717) is 0 Å². The number of carboxylic acids is 2. The maximum Gasteiger partial charge on any atom is 0.414 e. The molecule has 0 aromatic rings. The van der Waals surface area contributed by atoms with Crippen molar-refractivity contribution in [2.75, 3.05) is 6.54 Å². The number of carbonyl (C=O) groups is 2. The molecule has 0 aliphatic carbocycles. The van der Waals surface area contributed by atoms with Gasteiger partial charge in [-0.05, 0) is 25.8 Å². The number of hydrogen-bond acceptors (Lipinski definition) is 4. The lowest BCUT2D eigenvalue weighted by Gasteiger charge is -2.15. The molecule has 0 saturated carbocycles. The minimum Gasteiger partial charge on any atom is -0.473 e. The highest BCUT2D eigenvalue weighted by atomic mass is 16.4. The van der Waals surface area contributed by atoms with Crippen molar-refractivity contribution in [1.29, 1.82) is 5.26 Å². The van der Waals surface area contributed by atoms with Gasteiger partial charge in [0.25, 0.3) is 0 Å². The number of hydrogen-bond donors (Lipinski definition) is 3. The van der Waals surface area contributed by atoms with Gasteiger partial charge in [0.15, 0.2) is 0 Å². The predicted molar refractivity (Wildman–Crippen MR) is 46.5 cm³/mol. The molecule has 0 spiro atoms. The minimum absolute atomic E-state index is 0.142. The third kappa shape index (κ3) is 5.97. The van der Waals surface area contributed by atoms with Gasteiger partial charge in [0.2, 0.25) is 0 Å². The molecule has 1 heterocycles. The van der Waals surface area contributed by atoms with Gasteiger partial charge in [-0.3, -0.25) is 0 Å². The zero-order valence-electron chi connectivity index (χ0n) is 7.56. The van der Waals surface area contributed by atoms with Crippen LogP contribution in [-0.2, 0) is 9.59 Å². The summed E-state index contributed by atoms with van der Waals surface area (Å²) in [5.41, 5.74) is 0. The van der Waals surface area contributed by atoms with Gasteiger partial charge in [-0.1, -0.05) is 0 Å². The van der Waals surface area contributed by atoms with Crippen molar-refractivity contribution in [3.8, 4) is 6.07 Å². The van der Waals surface area contributed by atoms with E-state index in [-0.39, 0.29) is 6.04 Å². The summed E-state index contributed by atoms with van der Waals surface area (Å²) in [6.45, 7) is 1.03. The third-order valence-corrected chi connectivity index (χ3v) is 1.65. The predicted octanol–water partition coefficient (Wildman–Crippen LogP) is -0.192. The zero-order chi connectivity index (χ0) is 11.0. The Morgan fingerprint density at radius 3 is 2.07 bits per heavy atom. The van der Waals surface area contributed by atoms with Crippen molar-refractivity contribution in [1.82, 2.24) is 5.32 Å². The highest BCUT2D eigenvalue weighted by Crippen LogP contribution is 2.04. The second-order valence-electron chi connectivity index (χ2n) is 2.74. The smallest absolute Gasteiger partial charge is 0.414 e. The molecule has 1 fully saturated rings. The van der Waals surface area contributed by atoms with Crippen molar-refractivity contribution >= 4 is 11.9 Å². The van der Waals surface area contributed by atoms with Crippen LogP contribution in [0, 0.1) is 11.3 Å². The van der Waals surface area contributed by atoms with Gasteiger partial charge in [-0.25, -0.2) is 9.59 Å². The van der Waals surface area contributed by atoms with Gasteiger partial charge < -0.3 is 15.5 Å². The van der Waals surface area contributed by atoms with Crippen molar-refractivity contribution in [2.24, 2.45) is 0 Å². The normalized spacial score (nSPS) is 19.8. The molecule has 0 bridgehead atoms. The monoisotopic (exact) mass is 200 g/mol. The van der Waals surface area contributed by atoms with Gasteiger partial charge in [0.1, 0.15) is 0 Å². The molecule has 0 amide bonds. The standard InChI is InChI=1S/C6H10N2.C2H2O4/c7-5-6-3-1-2-4-8-6;3-1(4)2(5)6/h6,8H,1-4H2;(H,3,4)(H,5,6)/t6-;/m0./s1. The van der Waals surface area contributed by atoms with Crippen LogP contribution in [0.2, 0.25) is 0 Å². The molecule has 0 aromatic heterocycles. The lowest BCUT2D eigenvalue weighted by molar-refractivity contribution is -0.159. The Kier molecular flexibility index (Phi) is 6.07. The number of rotatable bonds is 0. The molecule has 0 unspecified atom stereocenters. The van der Waals surface area contributed by atoms with Gasteiger partial charge >= 0.3 is 11.9 Å². The highest BCUT2D eigenvalue weighted by molar-refractivity contribution is 6.27. The maximum absolute atomic E-state index is 9.10. The Labute approximate surface area is 81.1 Å². The molecule has 0 radical (unpaired) electrons. The van der Waals surface area contributed by atoms with Gasteiger partial charge in [0.05, 0.1) is 12.1 Å². The first kappa shape index (κ1) is 12.4. The van der Waals surface area contributed by atoms with E-state index in [1.54, 1.807) is 0 Å². The molecule has 1 rings (SSSR count). The summed E-state index contributed by atoms with van der Waals surface area (Å²) in [4.78, 5) is 18.2. The van der Waals surface area contributed by atoms with E-state index in [9.17, 15) is 0 Å². The second-order valence-corrected chi connectivity index (χ2v) is 2.74. The van der Waals surface area contributed by atoms with Gasteiger partial charge in [-0.15, -0.1) is 0 Å². The Bertz CT molecular complexity index is 228. The number of nitrogens with one attached hydrogen (secondary N) is 1. The number of piperidine rings is 1. The average Bonchev–Trinajstić information content (AvgIpc) is 2.20. The summed E-state index contributed by atoms with van der Waals surface area (Å²) in [5.74, 6) is -3.65. The van der Waals surface area contributed by atoms with Crippen molar-refractivity contribution in [2.45, 2.75) is 25.3 Å². The molecule has 3 N–H and O–H groups in total. The van der Waals surface area contributed by atoms with E-state index in [1.807, 2.05) is 0 Å². The quantitative estimate of drug-likeness (QED) is 0.467. The second kappa shape index (κ2) is 6.86. The maximum atomic E-state index is 9.10. The van der Waals surface area contributed by atoms with Crippen LogP contribution in [0.1, 0.15) is 19.3 Å². The van der Waals surface area contributed by atoms with Crippen molar-refractivity contribution in [3.05, 3.63) is 0 Å². The zero-order valence-corrected chi connectivity index (χ0v) is 7.56. The van der Waals surface area contributed by atoms with Crippen LogP contribution in [-0.4, -0.2) is 34.7 Å². The van der Waals surface area contributed by atoms with E-state index < -0.39 is 11.9 Å². The van der Waals surface area contributed by atoms with Crippen LogP contribution in [0.5, 0.6) is 0 Å².